The van der Waals surface area contributed by atoms with Crippen molar-refractivity contribution in [3.63, 3.8) is 0 Å². The van der Waals surface area contributed by atoms with Crippen LogP contribution in [-0.4, -0.2) is 67.3 Å². The first-order valence-corrected chi connectivity index (χ1v) is 8.36. The molecule has 0 radical (unpaired) electrons. The number of carboxylic acid groups (broad SMARTS) is 2. The highest BCUT2D eigenvalue weighted by atomic mass is 16.5. The van der Waals surface area contributed by atoms with Gasteiger partial charge in [0, 0.05) is 18.2 Å². The SMILES string of the molecule is C=C(c1ccccc1OCC(O)CNC(C)C)n1cncn1.O=C(O)C(=O)O. The smallest absolute Gasteiger partial charge is 0.414 e. The number of nitrogens with one attached hydrogen (secondary N) is 1. The quantitative estimate of drug-likeness (QED) is 0.476. The molecule has 0 aliphatic rings. The molecule has 0 spiro atoms. The van der Waals surface area contributed by atoms with Crippen molar-refractivity contribution in [2.75, 3.05) is 13.2 Å². The summed E-state index contributed by atoms with van der Waals surface area (Å²) in [6.45, 7) is 8.79. The Balaban J connectivity index is 0.000000568. The summed E-state index contributed by atoms with van der Waals surface area (Å²) < 4.78 is 7.32. The number of rotatable bonds is 8. The van der Waals surface area contributed by atoms with Crippen molar-refractivity contribution >= 4 is 17.6 Å². The number of aliphatic hydroxyl groups excluding tert-OH is 1. The van der Waals surface area contributed by atoms with Gasteiger partial charge in [-0.05, 0) is 12.1 Å². The van der Waals surface area contributed by atoms with Crippen molar-refractivity contribution < 1.29 is 29.6 Å². The molecule has 1 unspecified atom stereocenters. The van der Waals surface area contributed by atoms with E-state index in [0.29, 0.717) is 24.0 Å². The largest absolute Gasteiger partial charge is 0.490 e. The van der Waals surface area contributed by atoms with Crippen molar-refractivity contribution in [2.24, 2.45) is 0 Å². The number of carboxylic acids is 2. The molecule has 0 saturated heterocycles. The second kappa shape index (κ2) is 11.5. The van der Waals surface area contributed by atoms with E-state index < -0.39 is 18.0 Å². The molecule has 0 aliphatic carbocycles. The van der Waals surface area contributed by atoms with Gasteiger partial charge in [-0.1, -0.05) is 32.6 Å². The van der Waals surface area contributed by atoms with Crippen molar-refractivity contribution in [3.8, 4) is 5.75 Å². The summed E-state index contributed by atoms with van der Waals surface area (Å²) in [6.07, 6.45) is 2.46. The minimum absolute atomic E-state index is 0.210. The number of aromatic nitrogens is 3. The van der Waals surface area contributed by atoms with Crippen molar-refractivity contribution in [2.45, 2.75) is 26.0 Å². The van der Waals surface area contributed by atoms with Crippen molar-refractivity contribution in [1.29, 1.82) is 0 Å². The Hall–Kier alpha value is -3.24. The molecule has 1 atom stereocenters. The molecular formula is C18H24N4O6. The second-order valence-corrected chi connectivity index (χ2v) is 5.92. The number of ether oxygens (including phenoxy) is 1. The fourth-order valence-corrected chi connectivity index (χ4v) is 1.92. The Kier molecular flexibility index (Phi) is 9.34. The lowest BCUT2D eigenvalue weighted by Gasteiger charge is -2.17. The Labute approximate surface area is 162 Å². The van der Waals surface area contributed by atoms with E-state index in [4.69, 9.17) is 24.5 Å². The number of aliphatic carboxylic acids is 2. The van der Waals surface area contributed by atoms with Crippen LogP contribution in [0.2, 0.25) is 0 Å². The molecule has 1 heterocycles. The van der Waals surface area contributed by atoms with Crippen LogP contribution in [0.5, 0.6) is 5.75 Å². The minimum Gasteiger partial charge on any atom is -0.490 e. The van der Waals surface area contributed by atoms with Gasteiger partial charge in [0.1, 0.15) is 31.1 Å². The molecule has 152 valence electrons. The van der Waals surface area contributed by atoms with Crippen LogP contribution in [0.3, 0.4) is 0 Å². The molecule has 1 aromatic carbocycles. The predicted octanol–water partition coefficient (Wildman–Crippen LogP) is 0.690. The lowest BCUT2D eigenvalue weighted by Crippen LogP contribution is -2.35. The van der Waals surface area contributed by atoms with Gasteiger partial charge in [-0.25, -0.2) is 19.3 Å². The zero-order chi connectivity index (χ0) is 21.1. The molecule has 10 nitrogen and oxygen atoms in total. The summed E-state index contributed by atoms with van der Waals surface area (Å²) in [5.74, 6) is -2.99. The van der Waals surface area contributed by atoms with Crippen molar-refractivity contribution in [1.82, 2.24) is 20.1 Å². The highest BCUT2D eigenvalue weighted by Gasteiger charge is 2.11. The molecule has 4 N–H and O–H groups in total. The molecule has 0 saturated carbocycles. The Bertz CT molecular complexity index is 764. The first-order valence-electron chi connectivity index (χ1n) is 8.36. The molecule has 1 aromatic heterocycles. The number of benzene rings is 1. The number of carbonyl (C=O) groups is 2. The van der Waals surface area contributed by atoms with Crippen LogP contribution in [-0.2, 0) is 9.59 Å². The van der Waals surface area contributed by atoms with Crippen LogP contribution in [0.15, 0.2) is 43.5 Å². The first-order chi connectivity index (χ1) is 13.2. The third kappa shape index (κ3) is 7.98. The Morgan fingerprint density at radius 1 is 1.25 bits per heavy atom. The molecule has 0 bridgehead atoms. The zero-order valence-corrected chi connectivity index (χ0v) is 15.6. The highest BCUT2D eigenvalue weighted by Crippen LogP contribution is 2.25. The third-order valence-corrected chi connectivity index (χ3v) is 3.27. The summed E-state index contributed by atoms with van der Waals surface area (Å²) in [4.78, 5) is 22.1. The normalized spacial score (nSPS) is 11.3. The van der Waals surface area contributed by atoms with E-state index in [2.05, 4.69) is 22.0 Å². The molecule has 0 amide bonds. The van der Waals surface area contributed by atoms with E-state index in [1.54, 1.807) is 11.0 Å². The van der Waals surface area contributed by atoms with Crippen LogP contribution in [0.4, 0.5) is 0 Å². The lowest BCUT2D eigenvalue weighted by atomic mass is 10.1. The van der Waals surface area contributed by atoms with Gasteiger partial charge in [0.05, 0.1) is 5.70 Å². The van der Waals surface area contributed by atoms with E-state index in [0.717, 1.165) is 5.56 Å². The summed E-state index contributed by atoms with van der Waals surface area (Å²) in [5, 5.41) is 32.0. The fourth-order valence-electron chi connectivity index (χ4n) is 1.92. The number of para-hydroxylation sites is 1. The molecule has 0 aliphatic heterocycles. The van der Waals surface area contributed by atoms with E-state index >= 15 is 0 Å². The number of hydrogen-bond donors (Lipinski definition) is 4. The monoisotopic (exact) mass is 392 g/mol. The lowest BCUT2D eigenvalue weighted by molar-refractivity contribution is -0.159. The standard InChI is InChI=1S/C16H22N4O2.C2H2O4/c1-12(2)18-8-14(21)9-22-16-7-5-4-6-15(16)13(3)20-11-17-10-19-20;3-1(4)2(5)6/h4-7,10-12,14,18,21H,3,8-9H2,1-2H3;(H,3,4)(H,5,6). The Morgan fingerprint density at radius 2 is 1.89 bits per heavy atom. The van der Waals surface area contributed by atoms with Gasteiger partial charge in [0.15, 0.2) is 0 Å². The van der Waals surface area contributed by atoms with Crippen LogP contribution < -0.4 is 10.1 Å². The Morgan fingerprint density at radius 3 is 2.43 bits per heavy atom. The summed E-state index contributed by atoms with van der Waals surface area (Å²) >= 11 is 0. The van der Waals surface area contributed by atoms with Crippen LogP contribution in [0, 0.1) is 0 Å². The van der Waals surface area contributed by atoms with Gasteiger partial charge in [-0.15, -0.1) is 0 Å². The molecule has 0 fully saturated rings. The van der Waals surface area contributed by atoms with E-state index in [-0.39, 0.29) is 6.61 Å². The topological polar surface area (TPSA) is 147 Å². The predicted molar refractivity (Wildman–Crippen MR) is 101 cm³/mol. The van der Waals surface area contributed by atoms with Crippen LogP contribution >= 0.6 is 0 Å². The molecular weight excluding hydrogens is 368 g/mol. The fraction of sp³-hybridized carbons (Fsp3) is 0.333. The first kappa shape index (κ1) is 22.8. The second-order valence-electron chi connectivity index (χ2n) is 5.92. The van der Waals surface area contributed by atoms with E-state index in [9.17, 15) is 5.11 Å². The summed E-state index contributed by atoms with van der Waals surface area (Å²) in [5.41, 5.74) is 1.49. The third-order valence-electron chi connectivity index (χ3n) is 3.27. The maximum Gasteiger partial charge on any atom is 0.414 e. The highest BCUT2D eigenvalue weighted by molar-refractivity contribution is 6.27. The summed E-state index contributed by atoms with van der Waals surface area (Å²) in [7, 11) is 0. The average molecular weight is 392 g/mol. The summed E-state index contributed by atoms with van der Waals surface area (Å²) in [6, 6.07) is 7.86. The minimum atomic E-state index is -1.82. The average Bonchev–Trinajstić information content (AvgIpc) is 3.19. The van der Waals surface area contributed by atoms with Gasteiger partial charge in [-0.3, -0.25) is 0 Å². The number of aliphatic hydroxyl groups is 1. The maximum atomic E-state index is 9.94. The zero-order valence-electron chi connectivity index (χ0n) is 15.6. The number of hydrogen-bond acceptors (Lipinski definition) is 7. The van der Waals surface area contributed by atoms with Gasteiger partial charge in [-0.2, -0.15) is 5.10 Å². The van der Waals surface area contributed by atoms with Gasteiger partial charge >= 0.3 is 11.9 Å². The maximum absolute atomic E-state index is 9.94. The van der Waals surface area contributed by atoms with Crippen LogP contribution in [0.25, 0.3) is 5.70 Å². The molecule has 28 heavy (non-hydrogen) atoms. The van der Waals surface area contributed by atoms with Gasteiger partial charge in [0.25, 0.3) is 0 Å². The van der Waals surface area contributed by atoms with Gasteiger partial charge in [0.2, 0.25) is 0 Å². The molecule has 2 rings (SSSR count). The van der Waals surface area contributed by atoms with Crippen molar-refractivity contribution in [3.05, 3.63) is 49.1 Å². The van der Waals surface area contributed by atoms with E-state index in [1.165, 1.54) is 6.33 Å². The van der Waals surface area contributed by atoms with Crippen LogP contribution in [0.1, 0.15) is 19.4 Å². The van der Waals surface area contributed by atoms with Gasteiger partial charge < -0.3 is 25.4 Å². The molecule has 2 aromatic rings. The molecule has 10 heteroatoms. The van der Waals surface area contributed by atoms with E-state index in [1.807, 2.05) is 38.1 Å². The number of nitrogens with zero attached hydrogens (tertiary/aromatic N) is 3.